The van der Waals surface area contributed by atoms with E-state index in [0.717, 1.165) is 36.1 Å². The van der Waals surface area contributed by atoms with Crippen LogP contribution in [0.5, 0.6) is 0 Å². The first-order chi connectivity index (χ1) is 15.0. The van der Waals surface area contributed by atoms with Crippen molar-refractivity contribution in [1.82, 2.24) is 20.0 Å². The number of benzene rings is 1. The summed E-state index contributed by atoms with van der Waals surface area (Å²) in [6, 6.07) is 11.3. The topological polar surface area (TPSA) is 96.3 Å². The second kappa shape index (κ2) is 8.91. The SMILES string of the molecule is CC1(CCc2ccccc2)NC(=O)N(CC(=O)Nc2ccnn2C2CCCCC2)C1=O. The van der Waals surface area contributed by atoms with Gasteiger partial charge in [0.25, 0.3) is 5.91 Å². The van der Waals surface area contributed by atoms with E-state index in [-0.39, 0.29) is 18.5 Å². The zero-order chi connectivity index (χ0) is 21.8. The first-order valence-electron chi connectivity index (χ1n) is 11.0. The number of hydrogen-bond acceptors (Lipinski definition) is 4. The predicted molar refractivity (Wildman–Crippen MR) is 116 cm³/mol. The van der Waals surface area contributed by atoms with Crippen LogP contribution in [0.1, 0.15) is 57.1 Å². The number of aromatic nitrogens is 2. The van der Waals surface area contributed by atoms with Gasteiger partial charge in [-0.3, -0.25) is 14.5 Å². The maximum Gasteiger partial charge on any atom is 0.325 e. The Morgan fingerprint density at radius 2 is 1.90 bits per heavy atom. The van der Waals surface area contributed by atoms with E-state index >= 15 is 0 Å². The molecule has 1 aromatic heterocycles. The van der Waals surface area contributed by atoms with E-state index in [2.05, 4.69) is 15.7 Å². The smallest absolute Gasteiger partial charge is 0.323 e. The van der Waals surface area contributed by atoms with Gasteiger partial charge in [-0.25, -0.2) is 9.48 Å². The number of carbonyl (C=O) groups is 3. The van der Waals surface area contributed by atoms with Crippen molar-refractivity contribution < 1.29 is 14.4 Å². The zero-order valence-electron chi connectivity index (χ0n) is 17.8. The lowest BCUT2D eigenvalue weighted by Gasteiger charge is -2.24. The summed E-state index contributed by atoms with van der Waals surface area (Å²) in [6.45, 7) is 1.40. The van der Waals surface area contributed by atoms with Crippen LogP contribution in [-0.2, 0) is 16.0 Å². The number of nitrogens with zero attached hydrogens (tertiary/aromatic N) is 3. The molecule has 8 nitrogen and oxygen atoms in total. The number of hydrogen-bond donors (Lipinski definition) is 2. The van der Waals surface area contributed by atoms with Crippen molar-refractivity contribution in [2.45, 2.75) is 63.5 Å². The molecule has 1 aromatic carbocycles. The van der Waals surface area contributed by atoms with Crippen LogP contribution in [0.2, 0.25) is 0 Å². The molecule has 1 aliphatic carbocycles. The van der Waals surface area contributed by atoms with Crippen LogP contribution in [0.4, 0.5) is 10.6 Å². The molecule has 2 heterocycles. The van der Waals surface area contributed by atoms with E-state index in [0.29, 0.717) is 18.7 Å². The van der Waals surface area contributed by atoms with Gasteiger partial charge in [0.15, 0.2) is 0 Å². The van der Waals surface area contributed by atoms with E-state index in [1.807, 2.05) is 35.0 Å². The first kappa shape index (κ1) is 21.1. The zero-order valence-corrected chi connectivity index (χ0v) is 17.8. The largest absolute Gasteiger partial charge is 0.325 e. The molecule has 2 fully saturated rings. The molecule has 2 aliphatic rings. The molecule has 8 heteroatoms. The molecule has 4 amide bonds. The maximum atomic E-state index is 13.0. The highest BCUT2D eigenvalue weighted by atomic mass is 16.2. The summed E-state index contributed by atoms with van der Waals surface area (Å²) in [7, 11) is 0. The van der Waals surface area contributed by atoms with Crippen LogP contribution < -0.4 is 10.6 Å². The fraction of sp³-hybridized carbons (Fsp3) is 0.478. The van der Waals surface area contributed by atoms with E-state index in [4.69, 9.17) is 0 Å². The van der Waals surface area contributed by atoms with Crippen molar-refractivity contribution in [2.24, 2.45) is 0 Å². The molecule has 1 unspecified atom stereocenters. The van der Waals surface area contributed by atoms with Crippen LogP contribution >= 0.6 is 0 Å². The van der Waals surface area contributed by atoms with Crippen molar-refractivity contribution in [3.05, 3.63) is 48.2 Å². The van der Waals surface area contributed by atoms with E-state index in [1.54, 1.807) is 19.2 Å². The monoisotopic (exact) mass is 423 g/mol. The maximum absolute atomic E-state index is 13.0. The second-order valence-corrected chi connectivity index (χ2v) is 8.64. The van der Waals surface area contributed by atoms with Crippen molar-refractivity contribution >= 4 is 23.7 Å². The summed E-state index contributed by atoms with van der Waals surface area (Å²) >= 11 is 0. The van der Waals surface area contributed by atoms with E-state index < -0.39 is 17.5 Å². The van der Waals surface area contributed by atoms with Crippen LogP contribution in [-0.4, -0.2) is 44.6 Å². The number of urea groups is 1. The van der Waals surface area contributed by atoms with Crippen molar-refractivity contribution in [3.63, 3.8) is 0 Å². The molecule has 164 valence electrons. The number of aryl methyl sites for hydroxylation is 1. The molecule has 1 aliphatic heterocycles. The summed E-state index contributed by atoms with van der Waals surface area (Å²) in [5, 5.41) is 9.97. The van der Waals surface area contributed by atoms with E-state index in [9.17, 15) is 14.4 Å². The Kier molecular flexibility index (Phi) is 6.06. The minimum Gasteiger partial charge on any atom is -0.323 e. The third-order valence-corrected chi connectivity index (χ3v) is 6.26. The van der Waals surface area contributed by atoms with Gasteiger partial charge in [-0.05, 0) is 38.2 Å². The molecule has 31 heavy (non-hydrogen) atoms. The molecule has 0 bridgehead atoms. The fourth-order valence-corrected chi connectivity index (χ4v) is 4.45. The summed E-state index contributed by atoms with van der Waals surface area (Å²) in [4.78, 5) is 39.1. The molecule has 0 radical (unpaired) electrons. The normalized spacial score (nSPS) is 21.9. The Morgan fingerprint density at radius 3 is 2.65 bits per heavy atom. The first-order valence-corrected chi connectivity index (χ1v) is 11.0. The number of amides is 4. The van der Waals surface area contributed by atoms with Crippen LogP contribution in [0.15, 0.2) is 42.6 Å². The van der Waals surface area contributed by atoms with Crippen LogP contribution in [0.25, 0.3) is 0 Å². The van der Waals surface area contributed by atoms with Gasteiger partial charge < -0.3 is 10.6 Å². The van der Waals surface area contributed by atoms with Crippen molar-refractivity contribution in [3.8, 4) is 0 Å². The number of rotatable bonds is 7. The number of nitrogens with one attached hydrogen (secondary N) is 2. The molecule has 0 spiro atoms. The van der Waals surface area contributed by atoms with Gasteiger partial charge in [0.1, 0.15) is 17.9 Å². The highest BCUT2D eigenvalue weighted by Gasteiger charge is 2.47. The molecule has 1 saturated heterocycles. The quantitative estimate of drug-likeness (QED) is 0.668. The minimum absolute atomic E-state index is 0.275. The lowest BCUT2D eigenvalue weighted by atomic mass is 9.93. The van der Waals surface area contributed by atoms with Crippen LogP contribution in [0.3, 0.4) is 0 Å². The van der Waals surface area contributed by atoms with Gasteiger partial charge >= 0.3 is 6.03 Å². The Morgan fingerprint density at radius 1 is 1.16 bits per heavy atom. The van der Waals surface area contributed by atoms with Crippen LogP contribution in [0, 0.1) is 0 Å². The van der Waals surface area contributed by atoms with Gasteiger partial charge in [-0.1, -0.05) is 49.6 Å². The fourth-order valence-electron chi connectivity index (χ4n) is 4.45. The summed E-state index contributed by atoms with van der Waals surface area (Å²) in [5.41, 5.74) is 0.0785. The lowest BCUT2D eigenvalue weighted by molar-refractivity contribution is -0.133. The Hall–Kier alpha value is -3.16. The Labute approximate surface area is 182 Å². The molecule has 4 rings (SSSR count). The molecule has 2 aromatic rings. The molecule has 2 N–H and O–H groups in total. The van der Waals surface area contributed by atoms with Crippen molar-refractivity contribution in [1.29, 1.82) is 0 Å². The highest BCUT2D eigenvalue weighted by Crippen LogP contribution is 2.30. The Bertz CT molecular complexity index is 951. The summed E-state index contributed by atoms with van der Waals surface area (Å²) in [6.07, 6.45) is 8.41. The van der Waals surface area contributed by atoms with Gasteiger partial charge in [0.05, 0.1) is 12.2 Å². The van der Waals surface area contributed by atoms with E-state index in [1.165, 1.54) is 6.42 Å². The molecule has 1 atom stereocenters. The lowest BCUT2D eigenvalue weighted by Crippen LogP contribution is -2.45. The average molecular weight is 424 g/mol. The molecule has 1 saturated carbocycles. The molecular weight excluding hydrogens is 394 g/mol. The Balaban J connectivity index is 1.37. The van der Waals surface area contributed by atoms with Gasteiger partial charge in [0, 0.05) is 6.07 Å². The van der Waals surface area contributed by atoms with Gasteiger partial charge in [0.2, 0.25) is 5.91 Å². The third-order valence-electron chi connectivity index (χ3n) is 6.26. The minimum atomic E-state index is -1.02. The number of imide groups is 1. The second-order valence-electron chi connectivity index (χ2n) is 8.64. The average Bonchev–Trinajstić information content (AvgIpc) is 3.32. The predicted octanol–water partition coefficient (Wildman–Crippen LogP) is 3.27. The standard InChI is InChI=1S/C23H29N5O3/c1-23(14-12-17-8-4-2-5-9-17)21(30)27(22(31)26-23)16-20(29)25-19-13-15-24-28(19)18-10-6-3-7-11-18/h2,4-5,8-9,13,15,18H,3,6-7,10-12,14,16H2,1H3,(H,25,29)(H,26,31). The van der Waals surface area contributed by atoms with Gasteiger partial charge in [-0.15, -0.1) is 0 Å². The highest BCUT2D eigenvalue weighted by molar-refractivity contribution is 6.09. The van der Waals surface area contributed by atoms with Gasteiger partial charge in [-0.2, -0.15) is 5.10 Å². The molecular formula is C23H29N5O3. The number of anilines is 1. The third kappa shape index (κ3) is 4.62. The van der Waals surface area contributed by atoms with Crippen molar-refractivity contribution in [2.75, 3.05) is 11.9 Å². The summed E-state index contributed by atoms with van der Waals surface area (Å²) in [5.74, 6) is -0.173. The number of carbonyl (C=O) groups excluding carboxylic acids is 3. The summed E-state index contributed by atoms with van der Waals surface area (Å²) < 4.78 is 1.85.